The second-order valence-corrected chi connectivity index (χ2v) is 15.7. The van der Waals surface area contributed by atoms with Crippen LogP contribution < -0.4 is 5.32 Å². The molecule has 61 heavy (non-hydrogen) atoms. The molecule has 1 atom stereocenters. The third-order valence-electron chi connectivity index (χ3n) is 12.2. The molecule has 10 aromatic carbocycles. The zero-order valence-corrected chi connectivity index (χ0v) is 33.1. The standard InChI is InChI=1S/C57H37N3O/c1-3-15-36(16-4-1)43-33-34-49(46-23-10-9-22-45(43)46)56-58-55(40-18-5-2-6-19-40)59-57(60-56)51-35-52-53(48-25-12-11-24-47(48)51)50-28-14-27-44(54(50)61-52)39-31-29-38(30-32-39)42-26-13-20-37-17-7-8-21-41(37)42/h1-35,55H,(H,58,59,60). The molecule has 0 saturated carbocycles. The number of nitrogens with zero attached hydrogens (tertiary/aromatic N) is 2. The first-order chi connectivity index (χ1) is 30.2. The van der Waals surface area contributed by atoms with Crippen molar-refractivity contribution in [1.82, 2.24) is 5.32 Å². The number of para-hydroxylation sites is 1. The van der Waals surface area contributed by atoms with Crippen LogP contribution in [-0.4, -0.2) is 11.7 Å². The van der Waals surface area contributed by atoms with Crippen LogP contribution in [-0.2, 0) is 0 Å². The molecule has 1 aromatic heterocycles. The van der Waals surface area contributed by atoms with Crippen molar-refractivity contribution in [3.8, 4) is 33.4 Å². The average Bonchev–Trinajstić information content (AvgIpc) is 3.73. The highest BCUT2D eigenvalue weighted by Crippen LogP contribution is 2.42. The van der Waals surface area contributed by atoms with Crippen LogP contribution in [0, 0.1) is 0 Å². The smallest absolute Gasteiger partial charge is 0.160 e. The van der Waals surface area contributed by atoms with Crippen LogP contribution in [0.25, 0.3) is 87.6 Å². The largest absolute Gasteiger partial charge is 0.455 e. The number of benzene rings is 10. The molecule has 11 aromatic rings. The van der Waals surface area contributed by atoms with Crippen LogP contribution in [0.5, 0.6) is 0 Å². The minimum Gasteiger partial charge on any atom is -0.455 e. The summed E-state index contributed by atoms with van der Waals surface area (Å²) in [5, 5.41) is 12.9. The van der Waals surface area contributed by atoms with Crippen molar-refractivity contribution >= 4 is 65.9 Å². The Hall–Kier alpha value is -8.08. The number of hydrogen-bond acceptors (Lipinski definition) is 4. The van der Waals surface area contributed by atoms with Crippen molar-refractivity contribution in [3.63, 3.8) is 0 Å². The number of nitrogens with one attached hydrogen (secondary N) is 1. The van der Waals surface area contributed by atoms with Crippen LogP contribution in [0.4, 0.5) is 0 Å². The fraction of sp³-hybridized carbons (Fsp3) is 0.0175. The van der Waals surface area contributed by atoms with Gasteiger partial charge < -0.3 is 9.73 Å². The Morgan fingerprint density at radius 1 is 0.393 bits per heavy atom. The molecular formula is C57H37N3O. The van der Waals surface area contributed by atoms with Crippen LogP contribution >= 0.6 is 0 Å². The highest BCUT2D eigenvalue weighted by Gasteiger charge is 2.25. The van der Waals surface area contributed by atoms with Gasteiger partial charge in [-0.05, 0) is 71.8 Å². The van der Waals surface area contributed by atoms with Gasteiger partial charge in [0, 0.05) is 27.5 Å². The van der Waals surface area contributed by atoms with E-state index < -0.39 is 0 Å². The van der Waals surface area contributed by atoms with Gasteiger partial charge in [-0.1, -0.05) is 206 Å². The number of rotatable bonds is 6. The molecule has 0 fully saturated rings. The molecule has 286 valence electrons. The van der Waals surface area contributed by atoms with Crippen LogP contribution in [0.15, 0.2) is 227 Å². The Bertz CT molecular complexity index is 3540. The zero-order chi connectivity index (χ0) is 40.3. The summed E-state index contributed by atoms with van der Waals surface area (Å²) >= 11 is 0. The van der Waals surface area contributed by atoms with Crippen molar-refractivity contribution in [2.75, 3.05) is 0 Å². The molecule has 1 N–H and O–H groups in total. The number of fused-ring (bicyclic) bond motifs is 7. The maximum atomic E-state index is 6.97. The summed E-state index contributed by atoms with van der Waals surface area (Å²) in [6.07, 6.45) is -0.357. The Balaban J connectivity index is 1.02. The summed E-state index contributed by atoms with van der Waals surface area (Å²) < 4.78 is 6.97. The van der Waals surface area contributed by atoms with Crippen molar-refractivity contribution < 1.29 is 4.42 Å². The highest BCUT2D eigenvalue weighted by atomic mass is 16.3. The van der Waals surface area contributed by atoms with E-state index in [-0.39, 0.29) is 6.17 Å². The lowest BCUT2D eigenvalue weighted by Crippen LogP contribution is -2.33. The lowest BCUT2D eigenvalue weighted by atomic mass is 9.94. The fourth-order valence-electron chi connectivity index (χ4n) is 9.27. The molecule has 0 radical (unpaired) electrons. The highest BCUT2D eigenvalue weighted by molar-refractivity contribution is 6.27. The molecule has 1 aliphatic rings. The fourth-order valence-corrected chi connectivity index (χ4v) is 9.27. The molecule has 0 aliphatic carbocycles. The van der Waals surface area contributed by atoms with Crippen molar-refractivity contribution in [1.29, 1.82) is 0 Å². The van der Waals surface area contributed by atoms with Gasteiger partial charge in [-0.15, -0.1) is 0 Å². The predicted octanol–water partition coefficient (Wildman–Crippen LogP) is 14.5. The lowest BCUT2D eigenvalue weighted by Gasteiger charge is -2.25. The maximum Gasteiger partial charge on any atom is 0.160 e. The van der Waals surface area contributed by atoms with Crippen molar-refractivity contribution in [2.45, 2.75) is 6.17 Å². The van der Waals surface area contributed by atoms with Gasteiger partial charge in [-0.2, -0.15) is 0 Å². The SMILES string of the molecule is c1ccc(-c2ccc(C3=NC(c4cc5oc6c(-c7ccc(-c8cccc9ccccc89)cc7)cccc6c5c5ccccc45)=NC(c4ccccc4)N3)c3ccccc23)cc1. The number of aliphatic imine (C=N–C) groups is 2. The Kier molecular flexibility index (Phi) is 8.20. The summed E-state index contributed by atoms with van der Waals surface area (Å²) in [6, 6.07) is 75.1. The monoisotopic (exact) mass is 779 g/mol. The van der Waals surface area contributed by atoms with E-state index in [1.165, 1.54) is 38.4 Å². The molecule has 0 saturated heterocycles. The van der Waals surface area contributed by atoms with E-state index in [0.717, 1.165) is 71.8 Å². The summed E-state index contributed by atoms with van der Waals surface area (Å²) in [6.45, 7) is 0. The second kappa shape index (κ2) is 14.3. The van der Waals surface area contributed by atoms with E-state index >= 15 is 0 Å². The Morgan fingerprint density at radius 3 is 1.69 bits per heavy atom. The van der Waals surface area contributed by atoms with Gasteiger partial charge in [0.2, 0.25) is 0 Å². The summed E-state index contributed by atoms with van der Waals surface area (Å²) in [7, 11) is 0. The summed E-state index contributed by atoms with van der Waals surface area (Å²) in [5.41, 5.74) is 11.6. The van der Waals surface area contributed by atoms with Crippen LogP contribution in [0.3, 0.4) is 0 Å². The first-order valence-corrected chi connectivity index (χ1v) is 20.8. The normalized spacial score (nSPS) is 14.1. The first-order valence-electron chi connectivity index (χ1n) is 20.8. The van der Waals surface area contributed by atoms with Gasteiger partial charge in [0.05, 0.1) is 0 Å². The second-order valence-electron chi connectivity index (χ2n) is 15.7. The Morgan fingerprint density at radius 2 is 0.918 bits per heavy atom. The van der Waals surface area contributed by atoms with E-state index in [9.17, 15) is 0 Å². The zero-order valence-electron chi connectivity index (χ0n) is 33.1. The van der Waals surface area contributed by atoms with E-state index in [1.807, 2.05) is 6.07 Å². The van der Waals surface area contributed by atoms with Gasteiger partial charge in [0.15, 0.2) is 5.84 Å². The minimum absolute atomic E-state index is 0.357. The molecule has 2 heterocycles. The molecule has 0 bridgehead atoms. The maximum absolute atomic E-state index is 6.97. The molecule has 1 aliphatic heterocycles. The van der Waals surface area contributed by atoms with Gasteiger partial charge in [-0.3, -0.25) is 0 Å². The van der Waals surface area contributed by atoms with Gasteiger partial charge in [0.1, 0.15) is 23.2 Å². The van der Waals surface area contributed by atoms with Crippen molar-refractivity contribution in [3.05, 3.63) is 229 Å². The van der Waals surface area contributed by atoms with Gasteiger partial charge in [-0.25, -0.2) is 9.98 Å². The molecule has 4 heteroatoms. The summed E-state index contributed by atoms with van der Waals surface area (Å²) in [4.78, 5) is 10.7. The van der Waals surface area contributed by atoms with E-state index in [4.69, 9.17) is 14.4 Å². The predicted molar refractivity (Wildman–Crippen MR) is 254 cm³/mol. The molecular weight excluding hydrogens is 743 g/mol. The Labute approximate surface area is 352 Å². The lowest BCUT2D eigenvalue weighted by molar-refractivity contribution is 0.669. The topological polar surface area (TPSA) is 49.9 Å². The summed E-state index contributed by atoms with van der Waals surface area (Å²) in [5.74, 6) is 1.43. The van der Waals surface area contributed by atoms with E-state index in [2.05, 4.69) is 212 Å². The minimum atomic E-state index is -0.357. The van der Waals surface area contributed by atoms with Crippen LogP contribution in [0.1, 0.15) is 22.9 Å². The molecule has 0 spiro atoms. The van der Waals surface area contributed by atoms with Crippen molar-refractivity contribution in [2.24, 2.45) is 9.98 Å². The number of hydrogen-bond donors (Lipinski definition) is 1. The molecule has 4 nitrogen and oxygen atoms in total. The van der Waals surface area contributed by atoms with Gasteiger partial charge in [0.25, 0.3) is 0 Å². The molecule has 0 amide bonds. The quantitative estimate of drug-likeness (QED) is 0.183. The average molecular weight is 780 g/mol. The third-order valence-corrected chi connectivity index (χ3v) is 12.2. The van der Waals surface area contributed by atoms with Crippen LogP contribution in [0.2, 0.25) is 0 Å². The van der Waals surface area contributed by atoms with E-state index in [0.29, 0.717) is 5.84 Å². The number of amidine groups is 2. The third kappa shape index (κ3) is 5.91. The van der Waals surface area contributed by atoms with E-state index in [1.54, 1.807) is 0 Å². The number of furan rings is 1. The van der Waals surface area contributed by atoms with Gasteiger partial charge >= 0.3 is 0 Å². The first kappa shape index (κ1) is 34.9. The molecule has 1 unspecified atom stereocenters. The molecule has 12 rings (SSSR count).